The number of nitrogens with zero attached hydrogens (tertiary/aromatic N) is 1. The van der Waals surface area contributed by atoms with Gasteiger partial charge >= 0.3 is 0 Å². The lowest BCUT2D eigenvalue weighted by Gasteiger charge is -2.39. The van der Waals surface area contributed by atoms with Gasteiger partial charge < -0.3 is 15.0 Å². The summed E-state index contributed by atoms with van der Waals surface area (Å²) in [5.74, 6) is 0.494. The first-order valence-electron chi connectivity index (χ1n) is 7.83. The lowest BCUT2D eigenvalue weighted by molar-refractivity contribution is -0.150. The fraction of sp³-hybridized carbons (Fsp3) is 0.688. The van der Waals surface area contributed by atoms with Crippen molar-refractivity contribution in [1.29, 1.82) is 0 Å². The molecule has 2 fully saturated rings. The van der Waals surface area contributed by atoms with Crippen LogP contribution in [0.4, 0.5) is 0 Å². The molecule has 2 aliphatic heterocycles. The molecule has 116 valence electrons. The minimum absolute atomic E-state index is 0.0306. The summed E-state index contributed by atoms with van der Waals surface area (Å²) in [6.07, 6.45) is 2.04. The summed E-state index contributed by atoms with van der Waals surface area (Å²) in [4.78, 5) is 14.8. The van der Waals surface area contributed by atoms with Crippen LogP contribution in [0.5, 0.6) is 0 Å². The molecule has 5 heteroatoms. The normalized spacial score (nSPS) is 33.9. The molecule has 2 aliphatic rings. The van der Waals surface area contributed by atoms with Crippen LogP contribution in [0.1, 0.15) is 38.4 Å². The molecule has 2 saturated heterocycles. The number of carbonyl (C=O) groups is 1. The number of hydrogen-bond acceptors (Lipinski definition) is 4. The second-order valence-electron chi connectivity index (χ2n) is 6.31. The van der Waals surface area contributed by atoms with Crippen molar-refractivity contribution >= 4 is 17.2 Å². The molecule has 0 bridgehead atoms. The van der Waals surface area contributed by atoms with Crippen molar-refractivity contribution < 1.29 is 9.53 Å². The van der Waals surface area contributed by atoms with E-state index in [1.165, 1.54) is 5.56 Å². The Morgan fingerprint density at radius 2 is 2.29 bits per heavy atom. The summed E-state index contributed by atoms with van der Waals surface area (Å²) in [6.45, 7) is 6.58. The van der Waals surface area contributed by atoms with Crippen molar-refractivity contribution in [2.45, 2.75) is 44.9 Å². The number of nitrogens with one attached hydrogen (secondary N) is 1. The lowest BCUT2D eigenvalue weighted by Crippen LogP contribution is -2.50. The largest absolute Gasteiger partial charge is 0.367 e. The monoisotopic (exact) mass is 308 g/mol. The van der Waals surface area contributed by atoms with Crippen molar-refractivity contribution in [2.24, 2.45) is 5.92 Å². The van der Waals surface area contributed by atoms with E-state index in [0.717, 1.165) is 25.9 Å². The number of ether oxygens (including phenoxy) is 1. The quantitative estimate of drug-likeness (QED) is 0.912. The van der Waals surface area contributed by atoms with E-state index in [1.807, 2.05) is 4.90 Å². The maximum Gasteiger partial charge on any atom is 0.225 e. The van der Waals surface area contributed by atoms with Gasteiger partial charge in [-0.1, -0.05) is 0 Å². The van der Waals surface area contributed by atoms with E-state index in [1.54, 1.807) is 11.3 Å². The SMILES string of the molecule is CC1CN(C(=O)[C@H]2CCN[C@@H](C)C2)CC(c2ccsc2)O1. The van der Waals surface area contributed by atoms with E-state index in [2.05, 4.69) is 36.0 Å². The average molecular weight is 308 g/mol. The molecule has 3 heterocycles. The van der Waals surface area contributed by atoms with Gasteiger partial charge in [-0.3, -0.25) is 4.79 Å². The molecule has 1 aromatic rings. The molecule has 1 amide bonds. The van der Waals surface area contributed by atoms with Crippen LogP contribution in [0, 0.1) is 5.92 Å². The van der Waals surface area contributed by atoms with Crippen molar-refractivity contribution in [3.63, 3.8) is 0 Å². The third kappa shape index (κ3) is 3.47. The zero-order valence-corrected chi connectivity index (χ0v) is 13.6. The molecule has 1 aromatic heterocycles. The molecule has 21 heavy (non-hydrogen) atoms. The molecule has 0 aromatic carbocycles. The molecule has 0 spiro atoms. The van der Waals surface area contributed by atoms with Crippen LogP contribution < -0.4 is 5.32 Å². The number of carbonyl (C=O) groups excluding carboxylic acids is 1. The van der Waals surface area contributed by atoms with Gasteiger partial charge in [-0.25, -0.2) is 0 Å². The minimum atomic E-state index is 0.0306. The zero-order valence-electron chi connectivity index (χ0n) is 12.7. The summed E-state index contributed by atoms with van der Waals surface area (Å²) >= 11 is 1.68. The van der Waals surface area contributed by atoms with Gasteiger partial charge in [0.15, 0.2) is 0 Å². The Morgan fingerprint density at radius 1 is 1.43 bits per heavy atom. The van der Waals surface area contributed by atoms with Crippen LogP contribution in [-0.4, -0.2) is 42.6 Å². The average Bonchev–Trinajstić information content (AvgIpc) is 3.00. The van der Waals surface area contributed by atoms with Crippen LogP contribution in [0.2, 0.25) is 0 Å². The Kier molecular flexibility index (Phi) is 4.62. The summed E-state index contributed by atoms with van der Waals surface area (Å²) < 4.78 is 6.02. The first-order valence-corrected chi connectivity index (χ1v) is 8.77. The van der Waals surface area contributed by atoms with Crippen LogP contribution in [0.15, 0.2) is 16.8 Å². The molecule has 4 nitrogen and oxygen atoms in total. The van der Waals surface area contributed by atoms with E-state index in [4.69, 9.17) is 4.74 Å². The molecule has 4 atom stereocenters. The number of thiophene rings is 1. The fourth-order valence-electron chi connectivity index (χ4n) is 3.39. The highest BCUT2D eigenvalue weighted by Crippen LogP contribution is 2.29. The smallest absolute Gasteiger partial charge is 0.225 e. The number of rotatable bonds is 2. The van der Waals surface area contributed by atoms with Gasteiger partial charge in [-0.2, -0.15) is 11.3 Å². The van der Waals surface area contributed by atoms with Crippen LogP contribution in [-0.2, 0) is 9.53 Å². The number of piperidine rings is 1. The number of amides is 1. The van der Waals surface area contributed by atoms with Gasteiger partial charge in [0.25, 0.3) is 0 Å². The predicted molar refractivity (Wildman–Crippen MR) is 84.4 cm³/mol. The zero-order chi connectivity index (χ0) is 14.8. The second-order valence-corrected chi connectivity index (χ2v) is 7.09. The third-order valence-electron chi connectivity index (χ3n) is 4.46. The highest BCUT2D eigenvalue weighted by Gasteiger charge is 2.34. The second kappa shape index (κ2) is 6.46. The first kappa shape index (κ1) is 15.0. The van der Waals surface area contributed by atoms with Gasteiger partial charge in [-0.05, 0) is 55.6 Å². The Morgan fingerprint density at radius 3 is 3.00 bits per heavy atom. The van der Waals surface area contributed by atoms with Crippen molar-refractivity contribution in [3.05, 3.63) is 22.4 Å². The van der Waals surface area contributed by atoms with Crippen molar-refractivity contribution in [3.8, 4) is 0 Å². The van der Waals surface area contributed by atoms with Gasteiger partial charge in [-0.15, -0.1) is 0 Å². The topological polar surface area (TPSA) is 41.6 Å². The highest BCUT2D eigenvalue weighted by molar-refractivity contribution is 7.07. The van der Waals surface area contributed by atoms with Gasteiger partial charge in [0.05, 0.1) is 12.6 Å². The number of morpholine rings is 1. The molecule has 0 radical (unpaired) electrons. The Hall–Kier alpha value is -0.910. The predicted octanol–water partition coefficient (Wildman–Crippen LogP) is 2.42. The molecule has 1 N–H and O–H groups in total. The van der Waals surface area contributed by atoms with Crippen molar-refractivity contribution in [2.75, 3.05) is 19.6 Å². The minimum Gasteiger partial charge on any atom is -0.367 e. The summed E-state index contributed by atoms with van der Waals surface area (Å²) in [5.41, 5.74) is 1.20. The van der Waals surface area contributed by atoms with Gasteiger partial charge in [0.2, 0.25) is 5.91 Å². The lowest BCUT2D eigenvalue weighted by atomic mass is 9.91. The molecule has 2 unspecified atom stereocenters. The summed E-state index contributed by atoms with van der Waals surface area (Å²) in [5, 5.41) is 7.61. The number of hydrogen-bond donors (Lipinski definition) is 1. The summed E-state index contributed by atoms with van der Waals surface area (Å²) in [6, 6.07) is 2.54. The van der Waals surface area contributed by atoms with Gasteiger partial charge in [0, 0.05) is 18.5 Å². The van der Waals surface area contributed by atoms with E-state index in [9.17, 15) is 4.79 Å². The highest BCUT2D eigenvalue weighted by atomic mass is 32.1. The molecular formula is C16H24N2O2S. The van der Waals surface area contributed by atoms with E-state index >= 15 is 0 Å². The molecule has 0 aliphatic carbocycles. The first-order chi connectivity index (χ1) is 10.1. The van der Waals surface area contributed by atoms with E-state index in [-0.39, 0.29) is 18.1 Å². The molecule has 0 saturated carbocycles. The van der Waals surface area contributed by atoms with Crippen LogP contribution >= 0.6 is 11.3 Å². The Balaban J connectivity index is 1.67. The third-order valence-corrected chi connectivity index (χ3v) is 5.16. The Bertz CT molecular complexity index is 477. The van der Waals surface area contributed by atoms with Crippen LogP contribution in [0.3, 0.4) is 0 Å². The van der Waals surface area contributed by atoms with Crippen molar-refractivity contribution in [1.82, 2.24) is 10.2 Å². The van der Waals surface area contributed by atoms with Crippen LogP contribution in [0.25, 0.3) is 0 Å². The molecule has 3 rings (SSSR count). The molecular weight excluding hydrogens is 284 g/mol. The van der Waals surface area contributed by atoms with E-state index in [0.29, 0.717) is 18.5 Å². The maximum absolute atomic E-state index is 12.8. The Labute approximate surface area is 130 Å². The van der Waals surface area contributed by atoms with Gasteiger partial charge in [0.1, 0.15) is 6.10 Å². The summed E-state index contributed by atoms with van der Waals surface area (Å²) in [7, 11) is 0. The standard InChI is InChI=1S/C16H24N2O2S/c1-11-7-13(3-5-17-11)16(19)18-8-12(2)20-15(9-18)14-4-6-21-10-14/h4,6,10-13,15,17H,3,5,7-9H2,1-2H3/t11-,12?,13-,15?/m0/s1. The fourth-order valence-corrected chi connectivity index (χ4v) is 4.09. The maximum atomic E-state index is 12.8. The van der Waals surface area contributed by atoms with E-state index < -0.39 is 0 Å².